The van der Waals surface area contributed by atoms with Crippen LogP contribution in [0.5, 0.6) is 5.75 Å². The van der Waals surface area contributed by atoms with E-state index in [1.54, 1.807) is 43.5 Å². The fraction of sp³-hybridized carbons (Fsp3) is 0.278. The second kappa shape index (κ2) is 7.74. The Morgan fingerprint density at radius 2 is 1.78 bits per heavy atom. The lowest BCUT2D eigenvalue weighted by molar-refractivity contribution is -0.117. The molecule has 0 saturated carbocycles. The quantitative estimate of drug-likeness (QED) is 0.887. The molecule has 0 aromatic heterocycles. The van der Waals surface area contributed by atoms with Crippen LogP contribution < -0.4 is 10.1 Å². The summed E-state index contributed by atoms with van der Waals surface area (Å²) in [6.45, 7) is 2.22. The summed E-state index contributed by atoms with van der Waals surface area (Å²) in [6, 6.07) is 13.5. The van der Waals surface area contributed by atoms with E-state index in [0.717, 1.165) is 17.0 Å². The molecular formula is C18H21FN2O2. The second-order valence-corrected chi connectivity index (χ2v) is 5.42. The van der Waals surface area contributed by atoms with Crippen molar-refractivity contribution in [2.45, 2.75) is 13.0 Å². The second-order valence-electron chi connectivity index (χ2n) is 5.42. The highest BCUT2D eigenvalue weighted by Gasteiger charge is 2.15. The average molecular weight is 316 g/mol. The molecule has 0 aliphatic rings. The molecule has 0 spiro atoms. The van der Waals surface area contributed by atoms with E-state index in [1.165, 1.54) is 12.1 Å². The zero-order valence-electron chi connectivity index (χ0n) is 13.5. The number of amides is 1. The van der Waals surface area contributed by atoms with Crippen molar-refractivity contribution < 1.29 is 13.9 Å². The molecule has 0 heterocycles. The summed E-state index contributed by atoms with van der Waals surface area (Å²) in [7, 11) is 3.46. The topological polar surface area (TPSA) is 41.6 Å². The van der Waals surface area contributed by atoms with E-state index >= 15 is 0 Å². The van der Waals surface area contributed by atoms with Crippen molar-refractivity contribution in [2.75, 3.05) is 26.0 Å². The van der Waals surface area contributed by atoms with E-state index < -0.39 is 0 Å². The average Bonchev–Trinajstić information content (AvgIpc) is 2.55. The van der Waals surface area contributed by atoms with Crippen molar-refractivity contribution >= 4 is 11.6 Å². The minimum absolute atomic E-state index is 0.0113. The summed E-state index contributed by atoms with van der Waals surface area (Å²) in [5.41, 5.74) is 1.68. The third kappa shape index (κ3) is 4.79. The number of nitrogens with zero attached hydrogens (tertiary/aromatic N) is 1. The molecule has 0 fully saturated rings. The summed E-state index contributed by atoms with van der Waals surface area (Å²) in [5.74, 6) is 0.373. The van der Waals surface area contributed by atoms with Crippen LogP contribution in [-0.2, 0) is 4.79 Å². The highest BCUT2D eigenvalue weighted by Crippen LogP contribution is 2.19. The number of rotatable bonds is 6. The molecule has 0 saturated heterocycles. The van der Waals surface area contributed by atoms with Gasteiger partial charge in [-0.25, -0.2) is 4.39 Å². The number of methoxy groups -OCH3 is 1. The van der Waals surface area contributed by atoms with Gasteiger partial charge in [0.1, 0.15) is 11.6 Å². The Balaban J connectivity index is 1.91. The van der Waals surface area contributed by atoms with Crippen LogP contribution in [0.3, 0.4) is 0 Å². The van der Waals surface area contributed by atoms with Crippen molar-refractivity contribution in [2.24, 2.45) is 0 Å². The van der Waals surface area contributed by atoms with Gasteiger partial charge in [-0.1, -0.05) is 12.1 Å². The molecule has 122 valence electrons. The van der Waals surface area contributed by atoms with Gasteiger partial charge >= 0.3 is 0 Å². The number of hydrogen-bond acceptors (Lipinski definition) is 3. The Morgan fingerprint density at radius 1 is 1.17 bits per heavy atom. The van der Waals surface area contributed by atoms with E-state index in [-0.39, 0.29) is 24.3 Å². The fourth-order valence-electron chi connectivity index (χ4n) is 2.23. The first-order valence-corrected chi connectivity index (χ1v) is 7.39. The van der Waals surface area contributed by atoms with Gasteiger partial charge in [-0.3, -0.25) is 9.69 Å². The molecule has 23 heavy (non-hydrogen) atoms. The first kappa shape index (κ1) is 17.0. The molecule has 0 bridgehead atoms. The maximum Gasteiger partial charge on any atom is 0.238 e. The van der Waals surface area contributed by atoms with Gasteiger partial charge in [0.2, 0.25) is 5.91 Å². The number of halogens is 1. The van der Waals surface area contributed by atoms with E-state index in [0.29, 0.717) is 0 Å². The van der Waals surface area contributed by atoms with E-state index in [9.17, 15) is 9.18 Å². The van der Waals surface area contributed by atoms with Crippen LogP contribution in [0, 0.1) is 5.82 Å². The third-order valence-electron chi connectivity index (χ3n) is 3.78. The summed E-state index contributed by atoms with van der Waals surface area (Å²) in [5, 5.41) is 2.84. The number of carbonyl (C=O) groups is 1. The molecule has 0 aliphatic carbocycles. The van der Waals surface area contributed by atoms with Gasteiger partial charge in [0.15, 0.2) is 0 Å². The Bertz CT molecular complexity index is 641. The zero-order valence-corrected chi connectivity index (χ0v) is 13.5. The summed E-state index contributed by atoms with van der Waals surface area (Å²) < 4.78 is 18.1. The summed E-state index contributed by atoms with van der Waals surface area (Å²) in [6.07, 6.45) is 0. The van der Waals surface area contributed by atoms with Gasteiger partial charge in [0.05, 0.1) is 13.7 Å². The van der Waals surface area contributed by atoms with E-state index in [1.807, 2.05) is 18.9 Å². The lowest BCUT2D eigenvalue weighted by Crippen LogP contribution is -2.32. The standard InChI is InChI=1S/C18H21FN2O2/c1-13(14-4-6-15(19)7-5-14)21(2)12-18(22)20-16-8-10-17(23-3)11-9-16/h4-11,13H,12H2,1-3H3,(H,20,22)/t13-/m0/s1. The van der Waals surface area contributed by atoms with Crippen LogP contribution in [0.15, 0.2) is 48.5 Å². The Kier molecular flexibility index (Phi) is 5.71. The predicted molar refractivity (Wildman–Crippen MR) is 89.1 cm³/mol. The van der Waals surface area contributed by atoms with E-state index in [2.05, 4.69) is 5.32 Å². The maximum atomic E-state index is 13.0. The van der Waals surface area contributed by atoms with Crippen molar-refractivity contribution in [3.05, 3.63) is 59.9 Å². The van der Waals surface area contributed by atoms with Gasteiger partial charge in [0.25, 0.3) is 0 Å². The van der Waals surface area contributed by atoms with Gasteiger partial charge in [-0.05, 0) is 55.9 Å². The Hall–Kier alpha value is -2.40. The van der Waals surface area contributed by atoms with Crippen LogP contribution in [0.25, 0.3) is 0 Å². The van der Waals surface area contributed by atoms with Crippen LogP contribution >= 0.6 is 0 Å². The molecule has 5 heteroatoms. The number of hydrogen-bond donors (Lipinski definition) is 1. The van der Waals surface area contributed by atoms with Gasteiger partial charge < -0.3 is 10.1 Å². The lowest BCUT2D eigenvalue weighted by Gasteiger charge is -2.24. The molecule has 1 atom stereocenters. The van der Waals surface area contributed by atoms with Crippen LogP contribution in [-0.4, -0.2) is 31.5 Å². The summed E-state index contributed by atoms with van der Waals surface area (Å²) >= 11 is 0. The normalized spacial score (nSPS) is 12.0. The fourth-order valence-corrected chi connectivity index (χ4v) is 2.23. The van der Waals surface area contributed by atoms with Crippen molar-refractivity contribution in [1.29, 1.82) is 0 Å². The van der Waals surface area contributed by atoms with Gasteiger partial charge in [-0.15, -0.1) is 0 Å². The molecule has 0 aliphatic heterocycles. The minimum atomic E-state index is -0.263. The molecule has 0 unspecified atom stereocenters. The molecule has 2 rings (SSSR count). The van der Waals surface area contributed by atoms with Gasteiger partial charge in [-0.2, -0.15) is 0 Å². The number of ether oxygens (including phenoxy) is 1. The molecule has 2 aromatic rings. The van der Waals surface area contributed by atoms with Crippen LogP contribution in [0.4, 0.5) is 10.1 Å². The van der Waals surface area contributed by atoms with E-state index in [4.69, 9.17) is 4.74 Å². The number of benzene rings is 2. The number of likely N-dealkylation sites (N-methyl/N-ethyl adjacent to an activating group) is 1. The number of anilines is 1. The molecule has 1 N–H and O–H groups in total. The number of nitrogens with one attached hydrogen (secondary N) is 1. The molecular weight excluding hydrogens is 295 g/mol. The molecule has 1 amide bonds. The smallest absolute Gasteiger partial charge is 0.238 e. The summed E-state index contributed by atoms with van der Waals surface area (Å²) in [4.78, 5) is 14.0. The van der Waals surface area contributed by atoms with Gasteiger partial charge in [0, 0.05) is 11.7 Å². The number of carbonyl (C=O) groups excluding carboxylic acids is 1. The highest BCUT2D eigenvalue weighted by molar-refractivity contribution is 5.92. The van der Waals surface area contributed by atoms with Crippen molar-refractivity contribution in [3.63, 3.8) is 0 Å². The molecule has 2 aromatic carbocycles. The Labute approximate surface area is 135 Å². The maximum absolute atomic E-state index is 13.0. The Morgan fingerprint density at radius 3 is 2.35 bits per heavy atom. The van der Waals surface area contributed by atoms with Crippen molar-refractivity contribution in [1.82, 2.24) is 4.90 Å². The SMILES string of the molecule is COc1ccc(NC(=O)CN(C)[C@@H](C)c2ccc(F)cc2)cc1. The molecule has 0 radical (unpaired) electrons. The zero-order chi connectivity index (χ0) is 16.8. The largest absolute Gasteiger partial charge is 0.497 e. The minimum Gasteiger partial charge on any atom is -0.497 e. The van der Waals surface area contributed by atoms with Crippen LogP contribution in [0.1, 0.15) is 18.5 Å². The first-order chi connectivity index (χ1) is 11.0. The monoisotopic (exact) mass is 316 g/mol. The highest BCUT2D eigenvalue weighted by atomic mass is 19.1. The third-order valence-corrected chi connectivity index (χ3v) is 3.78. The van der Waals surface area contributed by atoms with Crippen LogP contribution in [0.2, 0.25) is 0 Å². The van der Waals surface area contributed by atoms with Crippen molar-refractivity contribution in [3.8, 4) is 5.75 Å². The first-order valence-electron chi connectivity index (χ1n) is 7.39. The molecule has 4 nitrogen and oxygen atoms in total. The lowest BCUT2D eigenvalue weighted by atomic mass is 10.1. The predicted octanol–water partition coefficient (Wildman–Crippen LogP) is 3.47.